The maximum atomic E-state index is 6.27. The summed E-state index contributed by atoms with van der Waals surface area (Å²) in [4.78, 5) is 0. The van der Waals surface area contributed by atoms with Crippen molar-refractivity contribution in [3.8, 4) is 5.75 Å². The molecule has 1 aliphatic carbocycles. The minimum Gasteiger partial charge on any atom is -0.456 e. The van der Waals surface area contributed by atoms with Gasteiger partial charge in [0.25, 0.3) is 0 Å². The Kier molecular flexibility index (Phi) is 2.12. The van der Waals surface area contributed by atoms with Crippen LogP contribution in [0.4, 0.5) is 0 Å². The topological polar surface area (TPSA) is 9.23 Å². The summed E-state index contributed by atoms with van der Waals surface area (Å²) in [6, 6.07) is 21.4. The summed E-state index contributed by atoms with van der Waals surface area (Å²) in [5.74, 6) is 2.11. The van der Waals surface area contributed by atoms with Crippen molar-refractivity contribution in [2.75, 3.05) is 0 Å². The Balaban J connectivity index is 1.70. The molecule has 0 atom stereocenters. The van der Waals surface area contributed by atoms with Gasteiger partial charge in [-0.2, -0.15) is 0 Å². The summed E-state index contributed by atoms with van der Waals surface area (Å²) in [6.45, 7) is 0. The van der Waals surface area contributed by atoms with E-state index in [0.29, 0.717) is 0 Å². The molecule has 0 bridgehead atoms. The molecule has 0 saturated heterocycles. The Morgan fingerprint density at radius 1 is 0.762 bits per heavy atom. The normalized spacial score (nSPS) is 15.4. The maximum Gasteiger partial charge on any atom is 0.134 e. The van der Waals surface area contributed by atoms with Crippen molar-refractivity contribution in [2.45, 2.75) is 12.8 Å². The summed E-state index contributed by atoms with van der Waals surface area (Å²) in [6.07, 6.45) is 2.02. The first-order valence-corrected chi connectivity index (χ1v) is 7.39. The Labute approximate surface area is 123 Å². The molecular formula is C20H14O. The SMILES string of the molecule is c1ccc2c(c1)CC1=C2Oc2ccc3ccccc3c2C1. The fourth-order valence-electron chi connectivity index (χ4n) is 3.58. The van der Waals surface area contributed by atoms with Gasteiger partial charge in [-0.25, -0.2) is 0 Å². The minimum atomic E-state index is 1.00. The predicted molar refractivity (Wildman–Crippen MR) is 85.3 cm³/mol. The standard InChI is InChI=1S/C20H14O/c1-3-7-16-13(5-1)9-10-19-18(16)12-15-11-14-6-2-4-8-17(14)20(15)21-19/h1-10H,11-12H2. The highest BCUT2D eigenvalue weighted by Crippen LogP contribution is 2.43. The average Bonchev–Trinajstić information content (AvgIpc) is 2.90. The van der Waals surface area contributed by atoms with Crippen molar-refractivity contribution < 1.29 is 4.74 Å². The molecule has 5 rings (SSSR count). The first-order valence-electron chi connectivity index (χ1n) is 7.39. The Bertz CT molecular complexity index is 918. The van der Waals surface area contributed by atoms with Gasteiger partial charge < -0.3 is 4.74 Å². The van der Waals surface area contributed by atoms with Crippen molar-refractivity contribution >= 4 is 16.5 Å². The van der Waals surface area contributed by atoms with Crippen LogP contribution in [0.3, 0.4) is 0 Å². The molecule has 3 aromatic carbocycles. The van der Waals surface area contributed by atoms with Crippen LogP contribution in [0.2, 0.25) is 0 Å². The summed E-state index contributed by atoms with van der Waals surface area (Å²) in [7, 11) is 0. The number of allylic oxidation sites excluding steroid dienone is 1. The molecule has 0 unspecified atom stereocenters. The number of ether oxygens (including phenoxy) is 1. The van der Waals surface area contributed by atoms with Gasteiger partial charge in [-0.05, 0) is 34.4 Å². The van der Waals surface area contributed by atoms with Crippen LogP contribution in [0.25, 0.3) is 16.5 Å². The zero-order valence-corrected chi connectivity index (χ0v) is 11.6. The fraction of sp³-hybridized carbons (Fsp3) is 0.100. The fourth-order valence-corrected chi connectivity index (χ4v) is 3.58. The van der Waals surface area contributed by atoms with E-state index in [2.05, 4.69) is 60.7 Å². The zero-order chi connectivity index (χ0) is 13.8. The summed E-state index contributed by atoms with van der Waals surface area (Å²) >= 11 is 0. The van der Waals surface area contributed by atoms with Gasteiger partial charge in [0.1, 0.15) is 11.5 Å². The first-order chi connectivity index (χ1) is 10.4. The largest absolute Gasteiger partial charge is 0.456 e. The highest BCUT2D eigenvalue weighted by atomic mass is 16.5. The molecule has 1 nitrogen and oxygen atoms in total. The molecule has 1 heterocycles. The lowest BCUT2D eigenvalue weighted by Crippen LogP contribution is -2.07. The van der Waals surface area contributed by atoms with Crippen LogP contribution < -0.4 is 4.74 Å². The van der Waals surface area contributed by atoms with E-state index in [1.165, 1.54) is 33.0 Å². The monoisotopic (exact) mass is 270 g/mol. The molecule has 0 saturated carbocycles. The van der Waals surface area contributed by atoms with Crippen molar-refractivity contribution in [2.24, 2.45) is 0 Å². The molecule has 0 radical (unpaired) electrons. The zero-order valence-electron chi connectivity index (χ0n) is 11.6. The van der Waals surface area contributed by atoms with Crippen LogP contribution in [-0.2, 0) is 12.8 Å². The van der Waals surface area contributed by atoms with E-state index in [9.17, 15) is 0 Å². The van der Waals surface area contributed by atoms with Gasteiger partial charge in [-0.3, -0.25) is 0 Å². The summed E-state index contributed by atoms with van der Waals surface area (Å²) in [5.41, 5.74) is 5.41. The quantitative estimate of drug-likeness (QED) is 0.573. The molecule has 2 aliphatic rings. The Hall–Kier alpha value is -2.54. The molecular weight excluding hydrogens is 256 g/mol. The number of fused-ring (bicyclic) bond motifs is 5. The van der Waals surface area contributed by atoms with Crippen molar-refractivity contribution in [1.82, 2.24) is 0 Å². The molecule has 0 amide bonds. The second-order valence-corrected chi connectivity index (χ2v) is 5.81. The molecule has 21 heavy (non-hydrogen) atoms. The van der Waals surface area contributed by atoms with Crippen LogP contribution in [0, 0.1) is 0 Å². The summed E-state index contributed by atoms with van der Waals surface area (Å²) in [5, 5.41) is 2.61. The highest BCUT2D eigenvalue weighted by molar-refractivity contribution is 5.90. The molecule has 1 aliphatic heterocycles. The molecule has 3 aromatic rings. The van der Waals surface area contributed by atoms with Gasteiger partial charge in [0, 0.05) is 17.5 Å². The van der Waals surface area contributed by atoms with Crippen LogP contribution in [0.15, 0.2) is 66.2 Å². The van der Waals surface area contributed by atoms with Crippen LogP contribution >= 0.6 is 0 Å². The third kappa shape index (κ3) is 1.52. The van der Waals surface area contributed by atoms with Crippen LogP contribution in [-0.4, -0.2) is 0 Å². The average molecular weight is 270 g/mol. The van der Waals surface area contributed by atoms with Crippen LogP contribution in [0.5, 0.6) is 5.75 Å². The molecule has 1 heteroatoms. The minimum absolute atomic E-state index is 1.00. The third-order valence-corrected chi connectivity index (χ3v) is 4.59. The Morgan fingerprint density at radius 3 is 2.62 bits per heavy atom. The van der Waals surface area contributed by atoms with Gasteiger partial charge in [0.2, 0.25) is 0 Å². The number of rotatable bonds is 0. The molecule has 0 spiro atoms. The summed E-state index contributed by atoms with van der Waals surface area (Å²) < 4.78 is 6.27. The van der Waals surface area contributed by atoms with Crippen molar-refractivity contribution in [3.05, 3.63) is 82.9 Å². The van der Waals surface area contributed by atoms with E-state index in [1.807, 2.05) is 0 Å². The lowest BCUT2D eigenvalue weighted by molar-refractivity contribution is 0.495. The third-order valence-electron chi connectivity index (χ3n) is 4.59. The molecule has 0 aromatic heterocycles. The number of benzene rings is 3. The molecule has 100 valence electrons. The van der Waals surface area contributed by atoms with E-state index >= 15 is 0 Å². The lowest BCUT2D eigenvalue weighted by Gasteiger charge is -2.21. The van der Waals surface area contributed by atoms with E-state index in [-0.39, 0.29) is 0 Å². The van der Waals surface area contributed by atoms with Gasteiger partial charge in [0.05, 0.1) is 0 Å². The van der Waals surface area contributed by atoms with Gasteiger partial charge in [-0.1, -0.05) is 54.6 Å². The van der Waals surface area contributed by atoms with E-state index in [4.69, 9.17) is 4.74 Å². The Morgan fingerprint density at radius 2 is 1.62 bits per heavy atom. The number of hydrogen-bond acceptors (Lipinski definition) is 1. The van der Waals surface area contributed by atoms with Gasteiger partial charge in [-0.15, -0.1) is 0 Å². The second kappa shape index (κ2) is 3.98. The van der Waals surface area contributed by atoms with Gasteiger partial charge >= 0.3 is 0 Å². The molecule has 0 N–H and O–H groups in total. The van der Waals surface area contributed by atoms with Crippen molar-refractivity contribution in [1.29, 1.82) is 0 Å². The first kappa shape index (κ1) is 11.2. The highest BCUT2D eigenvalue weighted by Gasteiger charge is 2.28. The number of hydrogen-bond donors (Lipinski definition) is 0. The van der Waals surface area contributed by atoms with Crippen molar-refractivity contribution in [3.63, 3.8) is 0 Å². The van der Waals surface area contributed by atoms with Crippen LogP contribution in [0.1, 0.15) is 16.7 Å². The second-order valence-electron chi connectivity index (χ2n) is 5.81. The molecule has 0 fully saturated rings. The predicted octanol–water partition coefficient (Wildman–Crippen LogP) is 4.74. The van der Waals surface area contributed by atoms with Gasteiger partial charge in [0.15, 0.2) is 0 Å². The lowest BCUT2D eigenvalue weighted by atomic mass is 9.95. The maximum absolute atomic E-state index is 6.27. The smallest absolute Gasteiger partial charge is 0.134 e. The van der Waals surface area contributed by atoms with E-state index < -0.39 is 0 Å². The van der Waals surface area contributed by atoms with E-state index in [1.54, 1.807) is 0 Å². The van der Waals surface area contributed by atoms with E-state index in [0.717, 1.165) is 24.4 Å².